The number of halogens is 2. The van der Waals surface area contributed by atoms with Crippen LogP contribution in [0.25, 0.3) is 11.0 Å². The molecule has 6 heteroatoms. The first-order valence-corrected chi connectivity index (χ1v) is 13.1. The van der Waals surface area contributed by atoms with Gasteiger partial charge in [-0.3, -0.25) is 9.13 Å². The number of imidazole rings is 1. The van der Waals surface area contributed by atoms with Gasteiger partial charge in [0.2, 0.25) is 0 Å². The molecule has 1 atom stereocenters. The van der Waals surface area contributed by atoms with Crippen LogP contribution >= 0.6 is 0 Å². The fourth-order valence-electron chi connectivity index (χ4n) is 5.73. The van der Waals surface area contributed by atoms with Crippen molar-refractivity contribution in [2.75, 3.05) is 19.6 Å². The SMILES string of the molecule is [3H]CC([3H])Cn1c(=O)n(C2CCN(CCCC(c3ccc(F)cc3)c3ccc(F)cc3)CC2)c2ccccc21. The minimum Gasteiger partial charge on any atom is -0.303 e. The first-order valence-electron chi connectivity index (χ1n) is 14.4. The Balaban J connectivity index is 1.23. The third-order valence-electron chi connectivity index (χ3n) is 7.61. The van der Waals surface area contributed by atoms with Gasteiger partial charge in [0.15, 0.2) is 0 Å². The summed E-state index contributed by atoms with van der Waals surface area (Å²) in [7, 11) is 0. The Bertz CT molecular complexity index is 1380. The highest BCUT2D eigenvalue weighted by Crippen LogP contribution is 2.31. The standard InChI is InChI=1S/C31H35F2N3O/c1-2-19-35-29-7-3-4-8-30(29)36(31(35)37)27-17-21-34(22-18-27)20-5-6-28(23-9-13-25(32)14-10-23)24-11-15-26(33)16-12-24/h3-4,7-16,27-28H,2,5-6,17-22H2,1H3/i1T,2T. The number of aromatic nitrogens is 2. The van der Waals surface area contributed by atoms with E-state index < -0.39 is 6.40 Å². The summed E-state index contributed by atoms with van der Waals surface area (Å²) in [6.07, 6.45) is 2.93. The van der Waals surface area contributed by atoms with Crippen LogP contribution in [0.4, 0.5) is 8.78 Å². The smallest absolute Gasteiger partial charge is 0.303 e. The number of rotatable bonds is 9. The minimum atomic E-state index is -0.627. The van der Waals surface area contributed by atoms with Gasteiger partial charge < -0.3 is 4.90 Å². The second-order valence-corrected chi connectivity index (χ2v) is 9.91. The zero-order valence-corrected chi connectivity index (χ0v) is 21.0. The molecule has 4 aromatic rings. The van der Waals surface area contributed by atoms with Crippen molar-refractivity contribution in [1.82, 2.24) is 14.0 Å². The van der Waals surface area contributed by atoms with E-state index >= 15 is 0 Å². The van der Waals surface area contributed by atoms with E-state index in [2.05, 4.69) is 4.90 Å². The largest absolute Gasteiger partial charge is 0.329 e. The topological polar surface area (TPSA) is 30.2 Å². The van der Waals surface area contributed by atoms with Gasteiger partial charge in [0.25, 0.3) is 0 Å². The highest BCUT2D eigenvalue weighted by atomic mass is 19.1. The Kier molecular flexibility index (Phi) is 7.08. The lowest BCUT2D eigenvalue weighted by atomic mass is 9.87. The molecule has 4 nitrogen and oxygen atoms in total. The molecule has 0 N–H and O–H groups in total. The first kappa shape index (κ1) is 22.9. The van der Waals surface area contributed by atoms with Crippen LogP contribution in [0.3, 0.4) is 0 Å². The summed E-state index contributed by atoms with van der Waals surface area (Å²) in [5.74, 6) is -0.465. The number of aryl methyl sites for hydroxylation is 1. The lowest BCUT2D eigenvalue weighted by molar-refractivity contribution is 0.183. The molecule has 1 unspecified atom stereocenters. The lowest BCUT2D eigenvalue weighted by Gasteiger charge is -2.33. The van der Waals surface area contributed by atoms with E-state index in [-0.39, 0.29) is 42.7 Å². The van der Waals surface area contributed by atoms with Crippen LogP contribution in [0.15, 0.2) is 77.6 Å². The van der Waals surface area contributed by atoms with Crippen molar-refractivity contribution in [3.63, 3.8) is 0 Å². The summed E-state index contributed by atoms with van der Waals surface area (Å²) in [4.78, 5) is 15.8. The van der Waals surface area contributed by atoms with Crippen LogP contribution in [0.2, 0.25) is 0 Å². The first-order chi connectivity index (χ1) is 18.9. The zero-order chi connectivity index (χ0) is 27.4. The maximum atomic E-state index is 13.5. The Morgan fingerprint density at radius 3 is 2.08 bits per heavy atom. The van der Waals surface area contributed by atoms with Crippen LogP contribution < -0.4 is 5.69 Å². The van der Waals surface area contributed by atoms with E-state index in [1.165, 1.54) is 24.3 Å². The predicted octanol–water partition coefficient (Wildman–Crippen LogP) is 6.74. The number of nitrogens with zero attached hydrogens (tertiary/aromatic N) is 3. The van der Waals surface area contributed by atoms with Gasteiger partial charge in [-0.15, -0.1) is 0 Å². The van der Waals surface area contributed by atoms with Gasteiger partial charge in [0.05, 0.1) is 11.0 Å². The Labute approximate surface area is 220 Å². The van der Waals surface area contributed by atoms with Crippen molar-refractivity contribution in [3.8, 4) is 0 Å². The molecule has 0 bridgehead atoms. The van der Waals surface area contributed by atoms with Gasteiger partial charge in [0, 0.05) is 34.3 Å². The normalized spacial score (nSPS) is 16.7. The molecule has 0 aliphatic carbocycles. The highest BCUT2D eigenvalue weighted by molar-refractivity contribution is 5.76. The Hall–Kier alpha value is -3.25. The summed E-state index contributed by atoms with van der Waals surface area (Å²) in [5.41, 5.74) is 3.71. The van der Waals surface area contributed by atoms with Gasteiger partial charge in [0.1, 0.15) is 11.6 Å². The second-order valence-electron chi connectivity index (χ2n) is 9.91. The molecule has 1 aliphatic heterocycles. The number of piperidine rings is 1. The van der Waals surface area contributed by atoms with E-state index in [1.807, 2.05) is 53.1 Å². The van der Waals surface area contributed by atoms with Crippen LogP contribution in [-0.4, -0.2) is 33.7 Å². The number of hydrogen-bond donors (Lipinski definition) is 0. The second kappa shape index (κ2) is 11.4. The number of hydrogen-bond acceptors (Lipinski definition) is 2. The number of benzene rings is 3. The fraction of sp³-hybridized carbons (Fsp3) is 0.387. The van der Waals surface area contributed by atoms with Gasteiger partial charge in [-0.1, -0.05) is 43.3 Å². The molecule has 3 aromatic carbocycles. The van der Waals surface area contributed by atoms with Gasteiger partial charge >= 0.3 is 5.69 Å². The quantitative estimate of drug-likeness (QED) is 0.251. The summed E-state index contributed by atoms with van der Waals surface area (Å²) >= 11 is 0. The molecule has 0 spiro atoms. The van der Waals surface area contributed by atoms with Crippen molar-refractivity contribution < 1.29 is 11.5 Å². The maximum absolute atomic E-state index is 13.5. The van der Waals surface area contributed by atoms with E-state index in [9.17, 15) is 13.6 Å². The average molecular weight is 508 g/mol. The van der Waals surface area contributed by atoms with Crippen molar-refractivity contribution in [2.45, 2.75) is 57.5 Å². The molecule has 1 fully saturated rings. The van der Waals surface area contributed by atoms with Gasteiger partial charge in [-0.2, -0.15) is 0 Å². The zero-order valence-electron chi connectivity index (χ0n) is 23.0. The number of likely N-dealkylation sites (tertiary alicyclic amines) is 1. The van der Waals surface area contributed by atoms with Gasteiger partial charge in [-0.05, 0) is 86.2 Å². The van der Waals surface area contributed by atoms with Crippen molar-refractivity contribution in [3.05, 3.63) is 106 Å². The maximum Gasteiger partial charge on any atom is 0.329 e. The van der Waals surface area contributed by atoms with Gasteiger partial charge in [-0.25, -0.2) is 13.6 Å². The molecule has 194 valence electrons. The van der Waals surface area contributed by atoms with Crippen LogP contribution in [-0.2, 0) is 6.54 Å². The summed E-state index contributed by atoms with van der Waals surface area (Å²) in [6, 6.07) is 21.0. The molecule has 2 heterocycles. The fourth-order valence-corrected chi connectivity index (χ4v) is 5.73. The molecule has 1 aliphatic rings. The van der Waals surface area contributed by atoms with Crippen molar-refractivity contribution in [1.29, 1.82) is 0 Å². The number of para-hydroxylation sites is 2. The van der Waals surface area contributed by atoms with E-state index in [0.717, 1.165) is 67.5 Å². The molecule has 0 radical (unpaired) electrons. The highest BCUT2D eigenvalue weighted by Gasteiger charge is 2.25. The summed E-state index contributed by atoms with van der Waals surface area (Å²) < 4.78 is 46.2. The van der Waals surface area contributed by atoms with Crippen molar-refractivity contribution >= 4 is 11.0 Å². The van der Waals surface area contributed by atoms with E-state index in [1.54, 1.807) is 4.57 Å². The Morgan fingerprint density at radius 1 is 0.892 bits per heavy atom. The molecule has 0 saturated carbocycles. The molecule has 0 amide bonds. The van der Waals surface area contributed by atoms with Crippen LogP contribution in [0.5, 0.6) is 0 Å². The predicted molar refractivity (Wildman–Crippen MR) is 145 cm³/mol. The molecular weight excluding hydrogens is 468 g/mol. The van der Waals surface area contributed by atoms with E-state index in [0.29, 0.717) is 0 Å². The molecule has 1 aromatic heterocycles. The Morgan fingerprint density at radius 2 is 1.49 bits per heavy atom. The summed E-state index contributed by atoms with van der Waals surface area (Å²) in [6.45, 7) is 2.90. The molecular formula is C31H35F2N3O. The third-order valence-corrected chi connectivity index (χ3v) is 7.61. The average Bonchev–Trinajstić information content (AvgIpc) is 3.23. The molecule has 37 heavy (non-hydrogen) atoms. The number of fused-ring (bicyclic) bond motifs is 1. The lowest BCUT2D eigenvalue weighted by Crippen LogP contribution is -2.38. The van der Waals surface area contributed by atoms with E-state index in [4.69, 9.17) is 2.74 Å². The molecule has 1 saturated heterocycles. The van der Waals surface area contributed by atoms with Crippen molar-refractivity contribution in [2.24, 2.45) is 0 Å². The monoisotopic (exact) mass is 507 g/mol. The van der Waals surface area contributed by atoms with Crippen LogP contribution in [0.1, 0.15) is 64.8 Å². The van der Waals surface area contributed by atoms with Crippen LogP contribution in [0, 0.1) is 11.6 Å². The summed E-state index contributed by atoms with van der Waals surface area (Å²) in [5, 5.41) is 0. The molecule has 5 rings (SSSR count). The minimum absolute atomic E-state index is 0.0342. The third kappa shape index (κ3) is 5.54.